The molecule has 0 bridgehead atoms. The van der Waals surface area contributed by atoms with Crippen LogP contribution in [0.25, 0.3) is 11.5 Å². The highest BCUT2D eigenvalue weighted by molar-refractivity contribution is 7.99. The van der Waals surface area contributed by atoms with Crippen LogP contribution < -0.4 is 10.1 Å². The lowest BCUT2D eigenvalue weighted by Gasteiger charge is -2.06. The molecule has 7 heteroatoms. The van der Waals surface area contributed by atoms with E-state index in [2.05, 4.69) is 10.3 Å². The molecule has 0 aliphatic heterocycles. The Morgan fingerprint density at radius 2 is 1.96 bits per heavy atom. The average Bonchev–Trinajstić information content (AvgIpc) is 3.08. The van der Waals surface area contributed by atoms with Crippen LogP contribution in [0.4, 0.5) is 0 Å². The van der Waals surface area contributed by atoms with Gasteiger partial charge in [0.05, 0.1) is 18.6 Å². The van der Waals surface area contributed by atoms with E-state index >= 15 is 0 Å². The number of aryl methyl sites for hydroxylation is 1. The van der Waals surface area contributed by atoms with E-state index in [-0.39, 0.29) is 5.91 Å². The highest BCUT2D eigenvalue weighted by Gasteiger charge is 2.12. The summed E-state index contributed by atoms with van der Waals surface area (Å²) in [7, 11) is 1.63. The van der Waals surface area contributed by atoms with Gasteiger partial charge in [-0.15, -0.1) is 11.8 Å². The van der Waals surface area contributed by atoms with Gasteiger partial charge in [-0.1, -0.05) is 29.8 Å². The van der Waals surface area contributed by atoms with Crippen molar-refractivity contribution < 1.29 is 13.9 Å². The maximum Gasteiger partial charge on any atom is 0.230 e. The summed E-state index contributed by atoms with van der Waals surface area (Å²) in [6, 6.07) is 15.0. The van der Waals surface area contributed by atoms with Gasteiger partial charge in [-0.25, -0.2) is 4.98 Å². The molecule has 0 saturated carbocycles. The van der Waals surface area contributed by atoms with Crippen LogP contribution in [0.15, 0.2) is 52.9 Å². The van der Waals surface area contributed by atoms with E-state index in [1.807, 2.05) is 55.5 Å². The maximum atomic E-state index is 12.1. The molecule has 1 amide bonds. The van der Waals surface area contributed by atoms with E-state index in [4.69, 9.17) is 20.8 Å². The zero-order valence-electron chi connectivity index (χ0n) is 15.7. The van der Waals surface area contributed by atoms with Crippen molar-refractivity contribution in [2.75, 3.05) is 12.9 Å². The van der Waals surface area contributed by atoms with Crippen molar-refractivity contribution in [3.63, 3.8) is 0 Å². The molecule has 1 heterocycles. The Morgan fingerprint density at radius 1 is 1.21 bits per heavy atom. The third-order valence-corrected chi connectivity index (χ3v) is 5.45. The number of aromatic nitrogens is 1. The van der Waals surface area contributed by atoms with E-state index in [1.54, 1.807) is 7.11 Å². The predicted octanol–water partition coefficient (Wildman–Crippen LogP) is 4.86. The molecule has 1 N–H and O–H groups in total. The number of carbonyl (C=O) groups is 1. The largest absolute Gasteiger partial charge is 0.497 e. The Morgan fingerprint density at radius 3 is 2.68 bits per heavy atom. The lowest BCUT2D eigenvalue weighted by atomic mass is 10.2. The lowest BCUT2D eigenvalue weighted by molar-refractivity contribution is -0.118. The van der Waals surface area contributed by atoms with Gasteiger partial charge in [-0.05, 0) is 42.8 Å². The quantitative estimate of drug-likeness (QED) is 0.568. The fraction of sp³-hybridized carbons (Fsp3) is 0.238. The summed E-state index contributed by atoms with van der Waals surface area (Å²) in [5.74, 6) is 3.01. The topological polar surface area (TPSA) is 64.4 Å². The highest BCUT2D eigenvalue weighted by Crippen LogP contribution is 2.25. The second-order valence-corrected chi connectivity index (χ2v) is 7.50. The molecule has 5 nitrogen and oxygen atoms in total. The summed E-state index contributed by atoms with van der Waals surface area (Å²) in [5.41, 5.74) is 2.63. The zero-order valence-corrected chi connectivity index (χ0v) is 17.3. The van der Waals surface area contributed by atoms with Crippen molar-refractivity contribution in [3.8, 4) is 17.2 Å². The number of hydrogen-bond donors (Lipinski definition) is 1. The van der Waals surface area contributed by atoms with Crippen LogP contribution in [0.1, 0.15) is 17.0 Å². The molecule has 0 aliphatic rings. The highest BCUT2D eigenvalue weighted by atomic mass is 35.5. The number of oxazole rings is 1. The zero-order chi connectivity index (χ0) is 19.9. The predicted molar refractivity (Wildman–Crippen MR) is 113 cm³/mol. The van der Waals surface area contributed by atoms with Gasteiger partial charge < -0.3 is 14.5 Å². The van der Waals surface area contributed by atoms with Crippen molar-refractivity contribution in [2.24, 2.45) is 0 Å². The molecular formula is C21H21ClN2O3S. The minimum atomic E-state index is -0.0403. The van der Waals surface area contributed by atoms with Crippen LogP contribution in [-0.2, 0) is 17.1 Å². The summed E-state index contributed by atoms with van der Waals surface area (Å²) < 4.78 is 10.9. The molecule has 28 heavy (non-hydrogen) atoms. The van der Waals surface area contributed by atoms with E-state index in [9.17, 15) is 4.79 Å². The number of carbonyl (C=O) groups excluding carboxylic acids is 1. The first-order valence-electron chi connectivity index (χ1n) is 8.75. The third kappa shape index (κ3) is 5.30. The minimum absolute atomic E-state index is 0.0403. The Hall–Kier alpha value is -2.44. The van der Waals surface area contributed by atoms with Gasteiger partial charge in [0.25, 0.3) is 0 Å². The van der Waals surface area contributed by atoms with E-state index in [0.717, 1.165) is 28.3 Å². The standard InChI is InChI=1S/C21H21ClN2O3S/c1-14-19(24-21(27-14)15-7-9-17(26-2)10-8-15)12-28-13-20(25)23-11-16-5-3-4-6-18(16)22/h3-10H,11-13H2,1-2H3,(H,23,25). The number of nitrogens with zero attached hydrogens (tertiary/aromatic N) is 1. The van der Waals surface area contributed by atoms with Gasteiger partial charge >= 0.3 is 0 Å². The lowest BCUT2D eigenvalue weighted by Crippen LogP contribution is -2.24. The van der Waals surface area contributed by atoms with Gasteiger partial charge in [0.15, 0.2) is 0 Å². The monoisotopic (exact) mass is 416 g/mol. The minimum Gasteiger partial charge on any atom is -0.497 e. The SMILES string of the molecule is COc1ccc(-c2nc(CSCC(=O)NCc3ccccc3Cl)c(C)o2)cc1. The maximum absolute atomic E-state index is 12.1. The molecule has 3 aromatic rings. The van der Waals surface area contributed by atoms with Crippen molar-refractivity contribution in [1.29, 1.82) is 0 Å². The molecule has 3 rings (SSSR count). The number of benzene rings is 2. The summed E-state index contributed by atoms with van der Waals surface area (Å²) in [4.78, 5) is 16.6. The molecule has 0 aliphatic carbocycles. The molecule has 1 aromatic heterocycles. The number of methoxy groups -OCH3 is 1. The average molecular weight is 417 g/mol. The molecule has 146 valence electrons. The van der Waals surface area contributed by atoms with Gasteiger partial charge in [-0.2, -0.15) is 0 Å². The second kappa shape index (κ2) is 9.66. The van der Waals surface area contributed by atoms with Crippen LogP contribution in [-0.4, -0.2) is 23.8 Å². The molecule has 0 atom stereocenters. The number of amides is 1. The summed E-state index contributed by atoms with van der Waals surface area (Å²) in [6.45, 7) is 2.30. The van der Waals surface area contributed by atoms with Gasteiger partial charge in [-0.3, -0.25) is 4.79 Å². The van der Waals surface area contributed by atoms with Crippen molar-refractivity contribution in [3.05, 3.63) is 70.6 Å². The van der Waals surface area contributed by atoms with E-state index < -0.39 is 0 Å². The van der Waals surface area contributed by atoms with Crippen LogP contribution in [0.5, 0.6) is 5.75 Å². The summed E-state index contributed by atoms with van der Waals surface area (Å²) in [5, 5.41) is 3.54. The van der Waals surface area contributed by atoms with Crippen LogP contribution >= 0.6 is 23.4 Å². The molecular weight excluding hydrogens is 396 g/mol. The van der Waals surface area contributed by atoms with E-state index in [1.165, 1.54) is 11.8 Å². The van der Waals surface area contributed by atoms with Crippen molar-refractivity contribution in [2.45, 2.75) is 19.2 Å². The third-order valence-electron chi connectivity index (χ3n) is 4.14. The first-order chi connectivity index (χ1) is 13.6. The second-order valence-electron chi connectivity index (χ2n) is 6.11. The smallest absolute Gasteiger partial charge is 0.230 e. The van der Waals surface area contributed by atoms with Crippen LogP contribution in [0.2, 0.25) is 5.02 Å². The molecule has 0 spiro atoms. The van der Waals surface area contributed by atoms with Gasteiger partial charge in [0.1, 0.15) is 11.5 Å². The number of hydrogen-bond acceptors (Lipinski definition) is 5. The van der Waals surface area contributed by atoms with Gasteiger partial charge in [0, 0.05) is 22.9 Å². The Labute approximate surface area is 173 Å². The number of halogens is 1. The number of ether oxygens (including phenoxy) is 1. The summed E-state index contributed by atoms with van der Waals surface area (Å²) >= 11 is 7.59. The molecule has 0 unspecified atom stereocenters. The number of thioether (sulfide) groups is 1. The van der Waals surface area contributed by atoms with E-state index in [0.29, 0.717) is 29.0 Å². The molecule has 2 aromatic carbocycles. The normalized spacial score (nSPS) is 10.7. The summed E-state index contributed by atoms with van der Waals surface area (Å²) in [6.07, 6.45) is 0. The Bertz CT molecular complexity index is 941. The van der Waals surface area contributed by atoms with Crippen molar-refractivity contribution in [1.82, 2.24) is 10.3 Å². The first-order valence-corrected chi connectivity index (χ1v) is 10.3. The number of nitrogens with one attached hydrogen (secondary N) is 1. The number of rotatable bonds is 8. The first kappa shape index (κ1) is 20.3. The molecule has 0 fully saturated rings. The fourth-order valence-corrected chi connectivity index (χ4v) is 3.60. The van der Waals surface area contributed by atoms with Gasteiger partial charge in [0.2, 0.25) is 11.8 Å². The Kier molecular flexibility index (Phi) is 7.01. The van der Waals surface area contributed by atoms with Crippen LogP contribution in [0, 0.1) is 6.92 Å². The van der Waals surface area contributed by atoms with Crippen LogP contribution in [0.3, 0.4) is 0 Å². The fourth-order valence-electron chi connectivity index (χ4n) is 2.55. The van der Waals surface area contributed by atoms with Crippen molar-refractivity contribution >= 4 is 29.3 Å². The Balaban J connectivity index is 1.50. The molecule has 0 saturated heterocycles. The molecule has 0 radical (unpaired) electrons.